The molecule has 3 rings (SSSR count). The Hall–Kier alpha value is -1.68. The third-order valence-corrected chi connectivity index (χ3v) is 4.52. The van der Waals surface area contributed by atoms with Crippen molar-refractivity contribution >= 4 is 0 Å². The van der Waals surface area contributed by atoms with Gasteiger partial charge in [-0.2, -0.15) is 5.10 Å². The summed E-state index contributed by atoms with van der Waals surface area (Å²) in [5.41, 5.74) is 9.31. The average molecular weight is 284 g/mol. The van der Waals surface area contributed by atoms with E-state index in [4.69, 9.17) is 5.73 Å². The van der Waals surface area contributed by atoms with Crippen molar-refractivity contribution in [3.05, 3.63) is 47.5 Å². The summed E-state index contributed by atoms with van der Waals surface area (Å²) >= 11 is 0. The summed E-state index contributed by atoms with van der Waals surface area (Å²) in [7, 11) is 0. The average Bonchev–Trinajstić information content (AvgIpc) is 2.88. The lowest BCUT2D eigenvalue weighted by molar-refractivity contribution is 0.378. The zero-order chi connectivity index (χ0) is 14.8. The van der Waals surface area contributed by atoms with Crippen LogP contribution in [0.3, 0.4) is 0 Å². The standard InChI is InChI=1S/C17H24N4/c1-12(2)21-16(19-11-20-21)10-14-8-5-7-13-6-3-4-9-15(13)17(14)18/h3-4,6,9,11-12,14,17H,5,7-8,10,18H2,1-2H3. The van der Waals surface area contributed by atoms with Crippen molar-refractivity contribution in [3.8, 4) is 0 Å². The van der Waals surface area contributed by atoms with Crippen molar-refractivity contribution in [3.63, 3.8) is 0 Å². The van der Waals surface area contributed by atoms with Crippen LogP contribution in [-0.4, -0.2) is 14.8 Å². The SMILES string of the molecule is CC(C)n1ncnc1CC1CCCc2ccccc2C1N. The van der Waals surface area contributed by atoms with Crippen molar-refractivity contribution in [2.24, 2.45) is 11.7 Å². The van der Waals surface area contributed by atoms with Crippen LogP contribution in [0.5, 0.6) is 0 Å². The van der Waals surface area contributed by atoms with Crippen molar-refractivity contribution in [2.45, 2.75) is 51.6 Å². The maximum Gasteiger partial charge on any atom is 0.138 e. The normalized spacial score (nSPS) is 22.1. The van der Waals surface area contributed by atoms with Crippen LogP contribution >= 0.6 is 0 Å². The Balaban J connectivity index is 1.84. The molecule has 0 saturated heterocycles. The lowest BCUT2D eigenvalue weighted by Gasteiger charge is -2.23. The smallest absolute Gasteiger partial charge is 0.138 e. The highest BCUT2D eigenvalue weighted by Crippen LogP contribution is 2.33. The van der Waals surface area contributed by atoms with Gasteiger partial charge in [0.25, 0.3) is 0 Å². The molecule has 21 heavy (non-hydrogen) atoms. The summed E-state index contributed by atoms with van der Waals surface area (Å²) in [4.78, 5) is 4.45. The van der Waals surface area contributed by atoms with Gasteiger partial charge in [-0.15, -0.1) is 0 Å². The van der Waals surface area contributed by atoms with Crippen LogP contribution in [0.4, 0.5) is 0 Å². The summed E-state index contributed by atoms with van der Waals surface area (Å²) < 4.78 is 2.02. The zero-order valence-electron chi connectivity index (χ0n) is 12.9. The molecule has 0 saturated carbocycles. The lowest BCUT2D eigenvalue weighted by atomic mass is 9.88. The molecule has 1 aliphatic rings. The van der Waals surface area contributed by atoms with Gasteiger partial charge in [-0.1, -0.05) is 24.3 Å². The molecular weight excluding hydrogens is 260 g/mol. The van der Waals surface area contributed by atoms with Gasteiger partial charge in [-0.05, 0) is 50.2 Å². The van der Waals surface area contributed by atoms with Gasteiger partial charge in [0.1, 0.15) is 12.2 Å². The number of fused-ring (bicyclic) bond motifs is 1. The predicted octanol–water partition coefficient (Wildman–Crippen LogP) is 3.05. The molecule has 2 atom stereocenters. The molecule has 4 heteroatoms. The number of nitrogens with zero attached hydrogens (tertiary/aromatic N) is 3. The van der Waals surface area contributed by atoms with Crippen molar-refractivity contribution in [2.75, 3.05) is 0 Å². The van der Waals surface area contributed by atoms with Crippen LogP contribution in [0, 0.1) is 5.92 Å². The van der Waals surface area contributed by atoms with E-state index >= 15 is 0 Å². The number of nitrogens with two attached hydrogens (primary N) is 1. The van der Waals surface area contributed by atoms with Gasteiger partial charge in [0.15, 0.2) is 0 Å². The second kappa shape index (κ2) is 5.98. The van der Waals surface area contributed by atoms with Crippen LogP contribution < -0.4 is 5.73 Å². The van der Waals surface area contributed by atoms with E-state index in [9.17, 15) is 0 Å². The van der Waals surface area contributed by atoms with Gasteiger partial charge < -0.3 is 5.73 Å². The Morgan fingerprint density at radius 1 is 1.33 bits per heavy atom. The van der Waals surface area contributed by atoms with Gasteiger partial charge >= 0.3 is 0 Å². The first kappa shape index (κ1) is 14.3. The summed E-state index contributed by atoms with van der Waals surface area (Å²) in [6.07, 6.45) is 6.06. The Morgan fingerprint density at radius 3 is 2.95 bits per heavy atom. The Bertz CT molecular complexity index is 602. The topological polar surface area (TPSA) is 56.7 Å². The fourth-order valence-electron chi connectivity index (χ4n) is 3.39. The fourth-order valence-corrected chi connectivity index (χ4v) is 3.39. The molecule has 0 bridgehead atoms. The molecule has 0 amide bonds. The second-order valence-corrected chi connectivity index (χ2v) is 6.30. The van der Waals surface area contributed by atoms with Crippen LogP contribution in [-0.2, 0) is 12.8 Å². The van der Waals surface area contributed by atoms with Crippen molar-refractivity contribution < 1.29 is 0 Å². The van der Waals surface area contributed by atoms with Crippen molar-refractivity contribution in [1.82, 2.24) is 14.8 Å². The van der Waals surface area contributed by atoms with E-state index < -0.39 is 0 Å². The van der Waals surface area contributed by atoms with Gasteiger partial charge in [0, 0.05) is 18.5 Å². The van der Waals surface area contributed by atoms with E-state index in [2.05, 4.69) is 48.2 Å². The predicted molar refractivity (Wildman–Crippen MR) is 83.9 cm³/mol. The van der Waals surface area contributed by atoms with E-state index in [1.54, 1.807) is 6.33 Å². The molecule has 2 unspecified atom stereocenters. The molecule has 0 spiro atoms. The molecule has 1 aromatic heterocycles. The second-order valence-electron chi connectivity index (χ2n) is 6.30. The van der Waals surface area contributed by atoms with E-state index in [1.165, 1.54) is 17.5 Å². The van der Waals surface area contributed by atoms with Gasteiger partial charge in [0.05, 0.1) is 0 Å². The monoisotopic (exact) mass is 284 g/mol. The maximum atomic E-state index is 6.58. The Morgan fingerprint density at radius 2 is 2.14 bits per heavy atom. The minimum absolute atomic E-state index is 0.0982. The number of benzene rings is 1. The van der Waals surface area contributed by atoms with Gasteiger partial charge in [-0.25, -0.2) is 9.67 Å². The Kier molecular flexibility index (Phi) is 4.06. The zero-order valence-corrected chi connectivity index (χ0v) is 12.9. The molecule has 0 aliphatic heterocycles. The molecule has 1 aliphatic carbocycles. The maximum absolute atomic E-state index is 6.58. The Labute approximate surface area is 126 Å². The first-order valence-corrected chi connectivity index (χ1v) is 7.88. The van der Waals surface area contributed by atoms with Crippen LogP contribution in [0.15, 0.2) is 30.6 Å². The summed E-state index contributed by atoms with van der Waals surface area (Å²) in [5.74, 6) is 1.50. The first-order valence-electron chi connectivity index (χ1n) is 7.88. The number of aryl methyl sites for hydroxylation is 1. The number of rotatable bonds is 3. The summed E-state index contributed by atoms with van der Waals surface area (Å²) in [6, 6.07) is 9.05. The highest BCUT2D eigenvalue weighted by molar-refractivity contribution is 5.31. The summed E-state index contributed by atoms with van der Waals surface area (Å²) in [5, 5.41) is 4.34. The fraction of sp³-hybridized carbons (Fsp3) is 0.529. The van der Waals surface area contributed by atoms with E-state index in [0.717, 1.165) is 25.1 Å². The number of hydrogen-bond donors (Lipinski definition) is 1. The lowest BCUT2D eigenvalue weighted by Crippen LogP contribution is -2.24. The van der Waals surface area contributed by atoms with E-state index in [1.807, 2.05) is 4.68 Å². The molecule has 1 heterocycles. The molecule has 4 nitrogen and oxygen atoms in total. The van der Waals surface area contributed by atoms with Crippen LogP contribution in [0.25, 0.3) is 0 Å². The molecule has 2 N–H and O–H groups in total. The van der Waals surface area contributed by atoms with E-state index in [-0.39, 0.29) is 6.04 Å². The highest BCUT2D eigenvalue weighted by Gasteiger charge is 2.26. The van der Waals surface area contributed by atoms with Crippen molar-refractivity contribution in [1.29, 1.82) is 0 Å². The third kappa shape index (κ3) is 2.86. The molecule has 1 aromatic carbocycles. The van der Waals surface area contributed by atoms with Crippen LogP contribution in [0.2, 0.25) is 0 Å². The minimum atomic E-state index is 0.0982. The third-order valence-electron chi connectivity index (χ3n) is 4.52. The molecular formula is C17H24N4. The minimum Gasteiger partial charge on any atom is -0.324 e. The highest BCUT2D eigenvalue weighted by atomic mass is 15.3. The summed E-state index contributed by atoms with van der Waals surface area (Å²) in [6.45, 7) is 4.28. The first-order chi connectivity index (χ1) is 10.2. The van der Waals surface area contributed by atoms with Gasteiger partial charge in [-0.3, -0.25) is 0 Å². The molecule has 0 radical (unpaired) electrons. The van der Waals surface area contributed by atoms with Gasteiger partial charge in [0.2, 0.25) is 0 Å². The quantitative estimate of drug-likeness (QED) is 0.881. The number of hydrogen-bond acceptors (Lipinski definition) is 3. The van der Waals surface area contributed by atoms with Crippen LogP contribution in [0.1, 0.15) is 55.7 Å². The molecule has 2 aromatic rings. The molecule has 112 valence electrons. The number of aromatic nitrogens is 3. The van der Waals surface area contributed by atoms with E-state index in [0.29, 0.717) is 12.0 Å². The largest absolute Gasteiger partial charge is 0.324 e. The molecule has 0 fully saturated rings.